The predicted octanol–water partition coefficient (Wildman–Crippen LogP) is 0.864. The Bertz CT molecular complexity index is 217. The van der Waals surface area contributed by atoms with Crippen LogP contribution in [0.25, 0.3) is 0 Å². The van der Waals surface area contributed by atoms with Crippen LogP contribution >= 0.6 is 0 Å². The summed E-state index contributed by atoms with van der Waals surface area (Å²) in [5.41, 5.74) is 0. The van der Waals surface area contributed by atoms with Gasteiger partial charge in [0, 0.05) is 44.9 Å². The van der Waals surface area contributed by atoms with Gasteiger partial charge in [0.2, 0.25) is 0 Å². The number of nitrogens with zero attached hydrogens (tertiary/aromatic N) is 1. The van der Waals surface area contributed by atoms with Crippen molar-refractivity contribution in [3.63, 3.8) is 0 Å². The predicted molar refractivity (Wildman–Crippen MR) is 68.3 cm³/mol. The molecule has 2 aliphatic rings. The monoisotopic (exact) mass is 242 g/mol. The van der Waals surface area contributed by atoms with Crippen LogP contribution < -0.4 is 5.32 Å². The third kappa shape index (κ3) is 4.21. The van der Waals surface area contributed by atoms with E-state index < -0.39 is 0 Å². The number of nitrogens with one attached hydrogen (secondary N) is 1. The first kappa shape index (κ1) is 13.3. The molecular weight excluding hydrogens is 216 g/mol. The zero-order chi connectivity index (χ0) is 12.1. The maximum absolute atomic E-state index is 5.81. The van der Waals surface area contributed by atoms with Gasteiger partial charge in [0.15, 0.2) is 0 Å². The van der Waals surface area contributed by atoms with Crippen molar-refractivity contribution in [2.45, 2.75) is 44.9 Å². The molecule has 4 nitrogen and oxygen atoms in total. The maximum atomic E-state index is 5.81. The quantitative estimate of drug-likeness (QED) is 0.793. The normalized spacial score (nSPS) is 28.8. The molecule has 2 aliphatic heterocycles. The summed E-state index contributed by atoms with van der Waals surface area (Å²) >= 11 is 0. The number of ether oxygens (including phenoxy) is 2. The molecule has 1 unspecified atom stereocenters. The van der Waals surface area contributed by atoms with E-state index in [1.54, 1.807) is 0 Å². The number of morpholine rings is 1. The number of hydrogen-bond donors (Lipinski definition) is 1. The second-order valence-corrected chi connectivity index (χ2v) is 5.39. The molecule has 1 atom stereocenters. The van der Waals surface area contributed by atoms with E-state index in [2.05, 4.69) is 24.1 Å². The van der Waals surface area contributed by atoms with Crippen LogP contribution in [0.4, 0.5) is 0 Å². The molecule has 0 radical (unpaired) electrons. The van der Waals surface area contributed by atoms with Gasteiger partial charge in [-0.25, -0.2) is 0 Å². The fourth-order valence-electron chi connectivity index (χ4n) is 2.61. The zero-order valence-electron chi connectivity index (χ0n) is 11.2. The fraction of sp³-hybridized carbons (Fsp3) is 1.00. The highest BCUT2D eigenvalue weighted by Crippen LogP contribution is 2.17. The van der Waals surface area contributed by atoms with E-state index in [9.17, 15) is 0 Å². The van der Waals surface area contributed by atoms with Crippen LogP contribution in [0.3, 0.4) is 0 Å². The lowest BCUT2D eigenvalue weighted by Crippen LogP contribution is -2.52. The minimum atomic E-state index is 0.356. The Hall–Kier alpha value is -0.160. The summed E-state index contributed by atoms with van der Waals surface area (Å²) in [6, 6.07) is 1.26. The van der Waals surface area contributed by atoms with Crippen molar-refractivity contribution in [1.82, 2.24) is 10.2 Å². The summed E-state index contributed by atoms with van der Waals surface area (Å²) in [5.74, 6) is 0. The average Bonchev–Trinajstić information content (AvgIpc) is 2.38. The van der Waals surface area contributed by atoms with E-state index in [1.807, 2.05) is 0 Å². The van der Waals surface area contributed by atoms with Gasteiger partial charge in [0.25, 0.3) is 0 Å². The molecule has 2 rings (SSSR count). The van der Waals surface area contributed by atoms with Crippen molar-refractivity contribution < 1.29 is 9.47 Å². The van der Waals surface area contributed by atoms with E-state index in [4.69, 9.17) is 9.47 Å². The minimum Gasteiger partial charge on any atom is -0.381 e. The highest BCUT2D eigenvalue weighted by Gasteiger charge is 2.27. The molecule has 2 saturated heterocycles. The Kier molecular flexibility index (Phi) is 5.22. The molecule has 100 valence electrons. The molecule has 4 heteroatoms. The molecule has 2 heterocycles. The summed E-state index contributed by atoms with van der Waals surface area (Å²) in [6.45, 7) is 10.2. The molecule has 17 heavy (non-hydrogen) atoms. The Labute approximate surface area is 105 Å². The molecule has 0 bridgehead atoms. The van der Waals surface area contributed by atoms with Gasteiger partial charge in [-0.2, -0.15) is 0 Å². The summed E-state index contributed by atoms with van der Waals surface area (Å²) in [6.07, 6.45) is 2.73. The van der Waals surface area contributed by atoms with Gasteiger partial charge in [0.1, 0.15) is 0 Å². The van der Waals surface area contributed by atoms with E-state index in [1.165, 1.54) is 12.8 Å². The first-order valence-corrected chi connectivity index (χ1v) is 6.92. The third-order valence-electron chi connectivity index (χ3n) is 3.63. The van der Waals surface area contributed by atoms with E-state index in [0.29, 0.717) is 18.2 Å². The van der Waals surface area contributed by atoms with Crippen LogP contribution in [0.5, 0.6) is 0 Å². The summed E-state index contributed by atoms with van der Waals surface area (Å²) in [4.78, 5) is 2.60. The second-order valence-electron chi connectivity index (χ2n) is 5.39. The molecule has 0 saturated carbocycles. The Morgan fingerprint density at radius 1 is 1.24 bits per heavy atom. The van der Waals surface area contributed by atoms with Gasteiger partial charge < -0.3 is 14.8 Å². The van der Waals surface area contributed by atoms with Gasteiger partial charge >= 0.3 is 0 Å². The first-order valence-electron chi connectivity index (χ1n) is 6.92. The van der Waals surface area contributed by atoms with Gasteiger partial charge in [-0.15, -0.1) is 0 Å². The fourth-order valence-corrected chi connectivity index (χ4v) is 2.61. The van der Waals surface area contributed by atoms with E-state index >= 15 is 0 Å². The van der Waals surface area contributed by atoms with Crippen LogP contribution in [0.15, 0.2) is 0 Å². The van der Waals surface area contributed by atoms with Crippen LogP contribution in [-0.2, 0) is 9.47 Å². The van der Waals surface area contributed by atoms with Gasteiger partial charge in [-0.05, 0) is 12.8 Å². The van der Waals surface area contributed by atoms with Crippen LogP contribution in [0.1, 0.15) is 26.7 Å². The van der Waals surface area contributed by atoms with E-state index in [0.717, 1.165) is 39.5 Å². The summed E-state index contributed by atoms with van der Waals surface area (Å²) in [7, 11) is 0. The van der Waals surface area contributed by atoms with Gasteiger partial charge in [-0.1, -0.05) is 13.8 Å². The standard InChI is InChI=1S/C13H26N2O2/c1-11(2)14-9-13-10-15(5-8-17-13)12-3-6-16-7-4-12/h11-14H,3-10H2,1-2H3. The molecule has 2 fully saturated rings. The van der Waals surface area contributed by atoms with Crippen molar-refractivity contribution in [3.8, 4) is 0 Å². The first-order chi connectivity index (χ1) is 8.25. The molecule has 0 aliphatic carbocycles. The average molecular weight is 242 g/mol. The second kappa shape index (κ2) is 6.69. The molecule has 0 aromatic carbocycles. The largest absolute Gasteiger partial charge is 0.381 e. The van der Waals surface area contributed by atoms with Crippen molar-refractivity contribution in [1.29, 1.82) is 0 Å². The highest BCUT2D eigenvalue weighted by atomic mass is 16.5. The molecular formula is C13H26N2O2. The number of hydrogen-bond acceptors (Lipinski definition) is 4. The SMILES string of the molecule is CC(C)NCC1CN(C2CCOCC2)CCO1. The van der Waals surface area contributed by atoms with Crippen molar-refractivity contribution in [3.05, 3.63) is 0 Å². The van der Waals surface area contributed by atoms with Crippen LogP contribution in [0.2, 0.25) is 0 Å². The lowest BCUT2D eigenvalue weighted by atomic mass is 10.1. The van der Waals surface area contributed by atoms with Crippen LogP contribution in [-0.4, -0.2) is 62.5 Å². The zero-order valence-corrected chi connectivity index (χ0v) is 11.2. The Balaban J connectivity index is 1.75. The summed E-state index contributed by atoms with van der Waals surface area (Å²) < 4.78 is 11.2. The highest BCUT2D eigenvalue weighted by molar-refractivity contribution is 4.81. The number of rotatable bonds is 4. The molecule has 0 spiro atoms. The van der Waals surface area contributed by atoms with Gasteiger partial charge in [-0.3, -0.25) is 4.90 Å². The third-order valence-corrected chi connectivity index (χ3v) is 3.63. The van der Waals surface area contributed by atoms with Crippen molar-refractivity contribution in [2.75, 3.05) is 39.5 Å². The molecule has 0 aromatic heterocycles. The van der Waals surface area contributed by atoms with Crippen LogP contribution in [0, 0.1) is 0 Å². The molecule has 0 amide bonds. The van der Waals surface area contributed by atoms with Crippen molar-refractivity contribution >= 4 is 0 Å². The molecule has 0 aromatic rings. The maximum Gasteiger partial charge on any atom is 0.0826 e. The summed E-state index contributed by atoms with van der Waals surface area (Å²) in [5, 5.41) is 3.46. The molecule has 1 N–H and O–H groups in total. The lowest BCUT2D eigenvalue weighted by molar-refractivity contribution is -0.0609. The smallest absolute Gasteiger partial charge is 0.0826 e. The Morgan fingerprint density at radius 2 is 2.00 bits per heavy atom. The van der Waals surface area contributed by atoms with E-state index in [-0.39, 0.29) is 0 Å². The minimum absolute atomic E-state index is 0.356. The topological polar surface area (TPSA) is 33.7 Å². The van der Waals surface area contributed by atoms with Crippen molar-refractivity contribution in [2.24, 2.45) is 0 Å². The van der Waals surface area contributed by atoms with Gasteiger partial charge in [0.05, 0.1) is 12.7 Å². The lowest BCUT2D eigenvalue weighted by Gasteiger charge is -2.40. The Morgan fingerprint density at radius 3 is 2.71 bits per heavy atom.